The lowest BCUT2D eigenvalue weighted by Crippen LogP contribution is -2.52. The minimum Gasteiger partial charge on any atom is -0.465 e. The zero-order chi connectivity index (χ0) is 30.8. The van der Waals surface area contributed by atoms with Crippen LogP contribution >= 0.6 is 0 Å². The lowest BCUT2D eigenvalue weighted by atomic mass is 9.59. The molecule has 0 spiro atoms. The maximum Gasteiger partial charge on any atom is 0.317 e. The number of benzene rings is 2. The number of ether oxygens (including phenoxy) is 1. The summed E-state index contributed by atoms with van der Waals surface area (Å²) < 4.78 is 5.93. The van der Waals surface area contributed by atoms with Gasteiger partial charge in [-0.3, -0.25) is 19.2 Å². The van der Waals surface area contributed by atoms with E-state index in [0.29, 0.717) is 56.3 Å². The van der Waals surface area contributed by atoms with E-state index in [9.17, 15) is 19.2 Å². The summed E-state index contributed by atoms with van der Waals surface area (Å²) >= 11 is 0. The van der Waals surface area contributed by atoms with Crippen molar-refractivity contribution in [1.82, 2.24) is 4.90 Å². The molecule has 3 rings (SSSR count). The first-order valence-corrected chi connectivity index (χ1v) is 15.0. The number of hydrogen-bond donors (Lipinski definition) is 0. The molecule has 0 N–H and O–H groups in total. The molecular weight excluding hydrogens is 526 g/mol. The van der Waals surface area contributed by atoms with E-state index in [4.69, 9.17) is 4.74 Å². The minimum atomic E-state index is -1.36. The van der Waals surface area contributed by atoms with Crippen molar-refractivity contribution in [2.75, 3.05) is 19.7 Å². The number of esters is 1. The number of aryl methyl sites for hydroxylation is 1. The van der Waals surface area contributed by atoms with Crippen LogP contribution in [0.5, 0.6) is 0 Å². The van der Waals surface area contributed by atoms with Crippen molar-refractivity contribution < 1.29 is 23.9 Å². The molecule has 0 aliphatic heterocycles. The number of nitrogens with zero attached hydrogens (tertiary/aromatic N) is 1. The summed E-state index contributed by atoms with van der Waals surface area (Å²) in [6, 6.07) is 16.9. The van der Waals surface area contributed by atoms with Gasteiger partial charge in [0.25, 0.3) is 5.91 Å². The van der Waals surface area contributed by atoms with Crippen LogP contribution in [0.2, 0.25) is 0 Å². The summed E-state index contributed by atoms with van der Waals surface area (Å²) in [4.78, 5) is 56.7. The third-order valence-electron chi connectivity index (χ3n) is 8.61. The number of Topliss-reactive ketones (excluding diaryl/α,β-unsaturated/α-hetero) is 2. The molecule has 0 bridgehead atoms. The van der Waals surface area contributed by atoms with Crippen molar-refractivity contribution >= 4 is 23.4 Å². The maximum atomic E-state index is 14.2. The van der Waals surface area contributed by atoms with E-state index in [1.54, 1.807) is 55.2 Å². The van der Waals surface area contributed by atoms with Crippen LogP contribution in [-0.4, -0.2) is 48.0 Å². The average molecular weight is 572 g/mol. The topological polar surface area (TPSA) is 80.8 Å². The third-order valence-corrected chi connectivity index (χ3v) is 8.61. The number of rotatable bonds is 15. The first kappa shape index (κ1) is 32.7. The molecule has 1 saturated carbocycles. The Morgan fingerprint density at radius 3 is 2.33 bits per heavy atom. The molecule has 0 heterocycles. The van der Waals surface area contributed by atoms with Crippen LogP contribution in [0.3, 0.4) is 0 Å². The van der Waals surface area contributed by atoms with E-state index < -0.39 is 34.3 Å². The Morgan fingerprint density at radius 2 is 1.69 bits per heavy atom. The van der Waals surface area contributed by atoms with Gasteiger partial charge in [0.2, 0.25) is 11.6 Å². The standard InChI is InChI=1S/C36H45NO5/c1-6-23-37(24-7-2)33(40)28-19-14-20-29(26-28)36(34(41)42-25-15-18-27-16-10-9-11-17-27)22-13-12-21-30(36)31(38)32(39)35(4,5)8-3/h6-7,9-11,14,16-17,19-20,26,30H,1-2,8,12-13,15,18,21-25H2,3-5H3. The normalized spacial score (nSPS) is 18.5. The van der Waals surface area contributed by atoms with Crippen LogP contribution < -0.4 is 0 Å². The fourth-order valence-electron chi connectivity index (χ4n) is 5.77. The predicted octanol–water partition coefficient (Wildman–Crippen LogP) is 6.68. The van der Waals surface area contributed by atoms with Gasteiger partial charge in [-0.05, 0) is 55.4 Å². The summed E-state index contributed by atoms with van der Waals surface area (Å²) in [5, 5.41) is 0. The van der Waals surface area contributed by atoms with E-state index in [1.165, 1.54) is 0 Å². The van der Waals surface area contributed by atoms with E-state index in [2.05, 4.69) is 13.2 Å². The molecule has 6 nitrogen and oxygen atoms in total. The van der Waals surface area contributed by atoms with E-state index in [-0.39, 0.29) is 12.5 Å². The number of amides is 1. The molecule has 1 aliphatic rings. The van der Waals surface area contributed by atoms with Crippen LogP contribution in [0, 0.1) is 11.3 Å². The highest BCUT2D eigenvalue weighted by Crippen LogP contribution is 2.47. The second-order valence-electron chi connectivity index (χ2n) is 11.8. The van der Waals surface area contributed by atoms with Gasteiger partial charge in [0.15, 0.2) is 0 Å². The molecule has 2 unspecified atom stereocenters. The molecule has 1 fully saturated rings. The molecule has 42 heavy (non-hydrogen) atoms. The first-order valence-electron chi connectivity index (χ1n) is 15.0. The number of ketones is 2. The molecule has 1 aliphatic carbocycles. The van der Waals surface area contributed by atoms with Crippen LogP contribution in [0.1, 0.15) is 80.8 Å². The highest BCUT2D eigenvalue weighted by molar-refractivity contribution is 6.40. The van der Waals surface area contributed by atoms with Gasteiger partial charge in [0, 0.05) is 30.0 Å². The Bertz CT molecular complexity index is 1270. The van der Waals surface area contributed by atoms with Gasteiger partial charge in [-0.1, -0.05) is 88.2 Å². The monoisotopic (exact) mass is 571 g/mol. The van der Waals surface area contributed by atoms with Crippen LogP contribution in [-0.2, 0) is 31.0 Å². The predicted molar refractivity (Wildman–Crippen MR) is 166 cm³/mol. The van der Waals surface area contributed by atoms with Gasteiger partial charge in [0.05, 0.1) is 6.61 Å². The molecule has 0 radical (unpaired) electrons. The number of carbonyl (C=O) groups excluding carboxylic acids is 4. The van der Waals surface area contributed by atoms with Crippen molar-refractivity contribution in [2.24, 2.45) is 11.3 Å². The zero-order valence-electron chi connectivity index (χ0n) is 25.4. The molecule has 2 aromatic rings. The largest absolute Gasteiger partial charge is 0.465 e. The highest BCUT2D eigenvalue weighted by Gasteiger charge is 2.55. The van der Waals surface area contributed by atoms with Gasteiger partial charge in [-0.2, -0.15) is 0 Å². The molecule has 0 aromatic heterocycles. The molecule has 6 heteroatoms. The average Bonchev–Trinajstić information content (AvgIpc) is 3.02. The fraction of sp³-hybridized carbons (Fsp3) is 0.444. The Labute approximate surface area is 250 Å². The molecular formula is C36H45NO5. The van der Waals surface area contributed by atoms with E-state index >= 15 is 0 Å². The van der Waals surface area contributed by atoms with Crippen molar-refractivity contribution in [1.29, 1.82) is 0 Å². The van der Waals surface area contributed by atoms with Crippen LogP contribution in [0.15, 0.2) is 79.9 Å². The Kier molecular flexibility index (Phi) is 11.6. The Morgan fingerprint density at radius 1 is 1.00 bits per heavy atom. The second kappa shape index (κ2) is 14.9. The SMILES string of the molecule is C=CCN(CC=C)C(=O)c1cccc(C2(C(=O)OCCCc3ccccc3)CCCCC2C(=O)C(=O)C(C)(C)CC)c1. The summed E-state index contributed by atoms with van der Waals surface area (Å²) in [5.41, 5.74) is -0.119. The Balaban J connectivity index is 2.02. The van der Waals surface area contributed by atoms with Crippen molar-refractivity contribution in [3.05, 3.63) is 96.6 Å². The molecule has 0 saturated heterocycles. The van der Waals surface area contributed by atoms with Gasteiger partial charge >= 0.3 is 5.97 Å². The van der Waals surface area contributed by atoms with Gasteiger partial charge in [-0.15, -0.1) is 13.2 Å². The van der Waals surface area contributed by atoms with Crippen molar-refractivity contribution in [3.63, 3.8) is 0 Å². The lowest BCUT2D eigenvalue weighted by Gasteiger charge is -2.42. The van der Waals surface area contributed by atoms with E-state index in [0.717, 1.165) is 18.4 Å². The highest BCUT2D eigenvalue weighted by atomic mass is 16.5. The van der Waals surface area contributed by atoms with E-state index in [1.807, 2.05) is 37.3 Å². The quantitative estimate of drug-likeness (QED) is 0.103. The molecule has 2 aromatic carbocycles. The summed E-state index contributed by atoms with van der Waals surface area (Å²) in [7, 11) is 0. The number of carbonyl (C=O) groups is 4. The summed E-state index contributed by atoms with van der Waals surface area (Å²) in [6.45, 7) is 13.8. The molecule has 1 amide bonds. The molecule has 224 valence electrons. The minimum absolute atomic E-state index is 0.190. The smallest absolute Gasteiger partial charge is 0.317 e. The lowest BCUT2D eigenvalue weighted by molar-refractivity contribution is -0.159. The maximum absolute atomic E-state index is 14.2. The van der Waals surface area contributed by atoms with Gasteiger partial charge in [-0.25, -0.2) is 0 Å². The van der Waals surface area contributed by atoms with Gasteiger partial charge in [0.1, 0.15) is 5.41 Å². The second-order valence-corrected chi connectivity index (χ2v) is 11.8. The summed E-state index contributed by atoms with van der Waals surface area (Å²) in [5.74, 6) is -2.60. The Hall–Kier alpha value is -3.80. The molecule has 2 atom stereocenters. The van der Waals surface area contributed by atoms with Gasteiger partial charge < -0.3 is 9.64 Å². The summed E-state index contributed by atoms with van der Waals surface area (Å²) in [6.07, 6.45) is 7.38. The first-order chi connectivity index (χ1) is 20.1. The third kappa shape index (κ3) is 7.33. The number of hydrogen-bond acceptors (Lipinski definition) is 5. The fourth-order valence-corrected chi connectivity index (χ4v) is 5.77. The van der Waals surface area contributed by atoms with Crippen molar-refractivity contribution in [3.8, 4) is 0 Å². The zero-order valence-corrected chi connectivity index (χ0v) is 25.4. The van der Waals surface area contributed by atoms with Crippen molar-refractivity contribution in [2.45, 2.75) is 71.1 Å². The van der Waals surface area contributed by atoms with Crippen LogP contribution in [0.25, 0.3) is 0 Å². The van der Waals surface area contributed by atoms with Crippen LogP contribution in [0.4, 0.5) is 0 Å².